The van der Waals surface area contributed by atoms with E-state index in [1.165, 1.54) is 0 Å². The van der Waals surface area contributed by atoms with Crippen LogP contribution in [0.5, 0.6) is 0 Å². The summed E-state index contributed by atoms with van der Waals surface area (Å²) in [6.07, 6.45) is 1.04. The molecular weight excluding hydrogens is 292 g/mol. The molecule has 0 spiro atoms. The van der Waals surface area contributed by atoms with Crippen molar-refractivity contribution in [2.75, 3.05) is 31.1 Å². The van der Waals surface area contributed by atoms with Crippen molar-refractivity contribution in [3.8, 4) is 0 Å². The molecule has 0 aromatic rings. The van der Waals surface area contributed by atoms with Gasteiger partial charge in [0.25, 0.3) is 10.2 Å². The fourth-order valence-electron chi connectivity index (χ4n) is 1.88. The standard InChI is InChI=1S/C10H20N2O5S2/c1-2-18(15)7-5-11-19(16,17)12-6-3-4-9(8-12)10(13)14/h9,11H,2-8H2,1H3,(H,13,14). The van der Waals surface area contributed by atoms with Crippen LogP contribution in [-0.2, 0) is 25.8 Å². The van der Waals surface area contributed by atoms with Gasteiger partial charge in [-0.15, -0.1) is 0 Å². The number of hydrogen-bond acceptors (Lipinski definition) is 4. The highest BCUT2D eigenvalue weighted by Crippen LogP contribution is 2.18. The number of nitrogens with zero attached hydrogens (tertiary/aromatic N) is 1. The molecule has 1 aliphatic heterocycles. The number of carbonyl (C=O) groups is 1. The first-order valence-electron chi connectivity index (χ1n) is 6.19. The highest BCUT2D eigenvalue weighted by Gasteiger charge is 2.31. The van der Waals surface area contributed by atoms with Gasteiger partial charge in [-0.25, -0.2) is 4.72 Å². The van der Waals surface area contributed by atoms with Crippen molar-refractivity contribution in [1.82, 2.24) is 9.03 Å². The van der Waals surface area contributed by atoms with Crippen LogP contribution in [0, 0.1) is 5.92 Å². The SMILES string of the molecule is CCS(=O)CCNS(=O)(=O)N1CCCC(C(=O)O)C1. The summed E-state index contributed by atoms with van der Waals surface area (Å²) >= 11 is 0. The quantitative estimate of drug-likeness (QED) is 0.652. The highest BCUT2D eigenvalue weighted by molar-refractivity contribution is 7.87. The van der Waals surface area contributed by atoms with Gasteiger partial charge in [0.2, 0.25) is 0 Å². The van der Waals surface area contributed by atoms with Crippen molar-refractivity contribution in [3.05, 3.63) is 0 Å². The van der Waals surface area contributed by atoms with Gasteiger partial charge in [0.05, 0.1) is 5.92 Å². The van der Waals surface area contributed by atoms with Gasteiger partial charge in [-0.3, -0.25) is 9.00 Å². The molecule has 0 bridgehead atoms. The lowest BCUT2D eigenvalue weighted by Crippen LogP contribution is -2.48. The van der Waals surface area contributed by atoms with Gasteiger partial charge >= 0.3 is 5.97 Å². The number of carboxylic acids is 1. The first kappa shape index (κ1) is 16.5. The Morgan fingerprint density at radius 3 is 2.79 bits per heavy atom. The van der Waals surface area contributed by atoms with Crippen molar-refractivity contribution in [2.45, 2.75) is 19.8 Å². The lowest BCUT2D eigenvalue weighted by atomic mass is 10.0. The third-order valence-electron chi connectivity index (χ3n) is 3.01. The molecule has 0 aromatic carbocycles. The lowest BCUT2D eigenvalue weighted by Gasteiger charge is -2.29. The molecule has 7 nitrogen and oxygen atoms in total. The van der Waals surface area contributed by atoms with E-state index in [2.05, 4.69) is 4.72 Å². The Kier molecular flexibility index (Phi) is 6.37. The predicted octanol–water partition coefficient (Wildman–Crippen LogP) is -0.614. The monoisotopic (exact) mass is 312 g/mol. The van der Waals surface area contributed by atoms with Crippen LogP contribution in [0.2, 0.25) is 0 Å². The molecular formula is C10H20N2O5S2. The van der Waals surface area contributed by atoms with Crippen LogP contribution in [-0.4, -0.2) is 59.1 Å². The van der Waals surface area contributed by atoms with Gasteiger partial charge < -0.3 is 5.11 Å². The molecule has 1 fully saturated rings. The van der Waals surface area contributed by atoms with Crippen LogP contribution in [0.25, 0.3) is 0 Å². The molecule has 2 unspecified atom stereocenters. The second kappa shape index (κ2) is 7.32. The average Bonchev–Trinajstić information content (AvgIpc) is 2.38. The van der Waals surface area contributed by atoms with Crippen molar-refractivity contribution >= 4 is 27.0 Å². The molecule has 2 N–H and O–H groups in total. The van der Waals surface area contributed by atoms with Gasteiger partial charge in [-0.1, -0.05) is 6.92 Å². The minimum atomic E-state index is -3.67. The molecule has 0 saturated carbocycles. The molecule has 0 aliphatic carbocycles. The van der Waals surface area contributed by atoms with E-state index in [1.807, 2.05) is 0 Å². The summed E-state index contributed by atoms with van der Waals surface area (Å²) in [4.78, 5) is 10.9. The van der Waals surface area contributed by atoms with E-state index in [0.717, 1.165) is 4.31 Å². The Morgan fingerprint density at radius 2 is 2.21 bits per heavy atom. The summed E-state index contributed by atoms with van der Waals surface area (Å²) in [6, 6.07) is 0. The van der Waals surface area contributed by atoms with E-state index >= 15 is 0 Å². The number of aliphatic carboxylic acids is 1. The molecule has 1 saturated heterocycles. The van der Waals surface area contributed by atoms with Crippen LogP contribution >= 0.6 is 0 Å². The zero-order valence-electron chi connectivity index (χ0n) is 10.9. The maximum absolute atomic E-state index is 11.9. The minimum absolute atomic E-state index is 0.00152. The van der Waals surface area contributed by atoms with Crippen molar-refractivity contribution in [3.63, 3.8) is 0 Å². The van der Waals surface area contributed by atoms with Gasteiger partial charge in [0.1, 0.15) is 0 Å². The lowest BCUT2D eigenvalue weighted by molar-refractivity contribution is -0.142. The topological polar surface area (TPSA) is 104 Å². The summed E-state index contributed by atoms with van der Waals surface area (Å²) in [5.74, 6) is -0.847. The fraction of sp³-hybridized carbons (Fsp3) is 0.900. The Balaban J connectivity index is 2.52. The van der Waals surface area contributed by atoms with Crippen LogP contribution in [0.4, 0.5) is 0 Å². The highest BCUT2D eigenvalue weighted by atomic mass is 32.2. The van der Waals surface area contributed by atoms with Crippen LogP contribution < -0.4 is 4.72 Å². The maximum Gasteiger partial charge on any atom is 0.307 e. The minimum Gasteiger partial charge on any atom is -0.481 e. The zero-order chi connectivity index (χ0) is 14.5. The van der Waals surface area contributed by atoms with E-state index in [1.54, 1.807) is 6.92 Å². The van der Waals surface area contributed by atoms with E-state index in [-0.39, 0.29) is 18.8 Å². The van der Waals surface area contributed by atoms with Crippen molar-refractivity contribution in [2.24, 2.45) is 5.92 Å². The molecule has 1 aliphatic rings. The number of hydrogen-bond donors (Lipinski definition) is 2. The van der Waals surface area contributed by atoms with E-state index in [9.17, 15) is 17.4 Å². The third-order valence-corrected chi connectivity index (χ3v) is 5.89. The number of carboxylic acid groups (broad SMARTS) is 1. The Labute approximate surface area is 116 Å². The predicted molar refractivity (Wildman–Crippen MR) is 72.4 cm³/mol. The third kappa shape index (κ3) is 5.17. The Morgan fingerprint density at radius 1 is 1.53 bits per heavy atom. The Bertz CT molecular complexity index is 437. The van der Waals surface area contributed by atoms with Crippen molar-refractivity contribution in [1.29, 1.82) is 0 Å². The molecule has 1 rings (SSSR count). The molecule has 0 radical (unpaired) electrons. The van der Waals surface area contributed by atoms with Crippen LogP contribution in [0.15, 0.2) is 0 Å². The molecule has 0 amide bonds. The Hall–Kier alpha value is -0.510. The van der Waals surface area contributed by atoms with Crippen LogP contribution in [0.1, 0.15) is 19.8 Å². The van der Waals surface area contributed by atoms with Gasteiger partial charge in [0.15, 0.2) is 0 Å². The molecule has 9 heteroatoms. The normalized spacial score (nSPS) is 23.1. The molecule has 0 aromatic heterocycles. The number of nitrogens with one attached hydrogen (secondary N) is 1. The summed E-state index contributed by atoms with van der Waals surface area (Å²) in [5, 5.41) is 8.92. The average molecular weight is 312 g/mol. The second-order valence-electron chi connectivity index (χ2n) is 4.37. The van der Waals surface area contributed by atoms with Gasteiger partial charge in [-0.05, 0) is 12.8 Å². The van der Waals surface area contributed by atoms with Gasteiger partial charge in [-0.2, -0.15) is 12.7 Å². The number of rotatable bonds is 7. The van der Waals surface area contributed by atoms with E-state index in [4.69, 9.17) is 5.11 Å². The summed E-state index contributed by atoms with van der Waals surface area (Å²) in [5.41, 5.74) is 0. The van der Waals surface area contributed by atoms with E-state index < -0.39 is 32.9 Å². The smallest absolute Gasteiger partial charge is 0.307 e. The molecule has 1 heterocycles. The van der Waals surface area contributed by atoms with Gasteiger partial charge in [0, 0.05) is 41.9 Å². The van der Waals surface area contributed by atoms with Crippen LogP contribution in [0.3, 0.4) is 0 Å². The molecule has 112 valence electrons. The molecule has 19 heavy (non-hydrogen) atoms. The van der Waals surface area contributed by atoms with E-state index in [0.29, 0.717) is 25.1 Å². The second-order valence-corrected chi connectivity index (χ2v) is 7.99. The fourth-order valence-corrected chi connectivity index (χ4v) is 3.92. The largest absolute Gasteiger partial charge is 0.481 e. The summed E-state index contributed by atoms with van der Waals surface area (Å²) in [6.45, 7) is 2.21. The summed E-state index contributed by atoms with van der Waals surface area (Å²) in [7, 11) is -4.69. The maximum atomic E-state index is 11.9. The van der Waals surface area contributed by atoms with Crippen molar-refractivity contribution < 1.29 is 22.5 Å². The first-order valence-corrected chi connectivity index (χ1v) is 9.12. The number of piperidine rings is 1. The summed E-state index contributed by atoms with van der Waals surface area (Å²) < 4.78 is 38.6. The zero-order valence-corrected chi connectivity index (χ0v) is 12.5. The molecule has 2 atom stereocenters. The first-order chi connectivity index (χ1) is 8.86.